The predicted octanol–water partition coefficient (Wildman–Crippen LogP) is 0.867. The lowest BCUT2D eigenvalue weighted by atomic mass is 10.5. The molecule has 2 rings (SSSR count). The van der Waals surface area contributed by atoms with Crippen LogP contribution < -0.4 is 0 Å². The Bertz CT molecular complexity index is 290. The molecule has 0 amide bonds. The number of thiophene rings is 1. The molecular formula is C6H6N2OS. The van der Waals surface area contributed by atoms with Gasteiger partial charge in [-0.15, -0.1) is 11.3 Å². The maximum atomic E-state index is 4.04. The van der Waals surface area contributed by atoms with Crippen molar-refractivity contribution in [2.24, 2.45) is 0 Å². The third kappa shape index (κ3) is 0.984. The Kier molecular flexibility index (Phi) is 1.94. The van der Waals surface area contributed by atoms with Crippen molar-refractivity contribution in [1.29, 1.82) is 0 Å². The Morgan fingerprint density at radius 2 is 2.30 bits per heavy atom. The van der Waals surface area contributed by atoms with Crippen LogP contribution in [0.5, 0.6) is 0 Å². The largest absolute Gasteiger partial charge is 0.412 e. The molecule has 0 aliphatic heterocycles. The Morgan fingerprint density at radius 1 is 1.40 bits per heavy atom. The SMILES string of the molecule is O.c1ncc2sccc2n1. The van der Waals surface area contributed by atoms with Crippen molar-refractivity contribution in [1.82, 2.24) is 9.97 Å². The summed E-state index contributed by atoms with van der Waals surface area (Å²) in [5.41, 5.74) is 1.04. The molecule has 0 spiro atoms. The molecule has 0 atom stereocenters. The maximum absolute atomic E-state index is 4.04. The summed E-state index contributed by atoms with van der Waals surface area (Å²) in [7, 11) is 0. The van der Waals surface area contributed by atoms with Gasteiger partial charge in [0, 0.05) is 6.20 Å². The zero-order valence-electron chi connectivity index (χ0n) is 5.11. The third-order valence-electron chi connectivity index (χ3n) is 1.13. The van der Waals surface area contributed by atoms with E-state index in [9.17, 15) is 0 Å². The average molecular weight is 154 g/mol. The minimum absolute atomic E-state index is 0. The van der Waals surface area contributed by atoms with Gasteiger partial charge in [0.05, 0.1) is 10.2 Å². The van der Waals surface area contributed by atoms with Gasteiger partial charge in [0.1, 0.15) is 6.33 Å². The van der Waals surface area contributed by atoms with Crippen molar-refractivity contribution in [3.63, 3.8) is 0 Å². The Morgan fingerprint density at radius 3 is 3.10 bits per heavy atom. The summed E-state index contributed by atoms with van der Waals surface area (Å²) in [5.74, 6) is 0. The Balaban J connectivity index is 0.000000500. The molecule has 0 aliphatic rings. The van der Waals surface area contributed by atoms with Crippen LogP contribution in [0.3, 0.4) is 0 Å². The van der Waals surface area contributed by atoms with Gasteiger partial charge >= 0.3 is 0 Å². The smallest absolute Gasteiger partial charge is 0.116 e. The highest BCUT2D eigenvalue weighted by atomic mass is 32.1. The van der Waals surface area contributed by atoms with Gasteiger partial charge in [-0.05, 0) is 11.4 Å². The first-order chi connectivity index (χ1) is 4.47. The molecule has 10 heavy (non-hydrogen) atoms. The van der Waals surface area contributed by atoms with Crippen LogP contribution in [-0.4, -0.2) is 15.4 Å². The van der Waals surface area contributed by atoms with Crippen molar-refractivity contribution in [3.05, 3.63) is 24.0 Å². The Labute approximate surface area is 61.7 Å². The van der Waals surface area contributed by atoms with E-state index in [4.69, 9.17) is 0 Å². The van der Waals surface area contributed by atoms with E-state index in [1.807, 2.05) is 17.6 Å². The van der Waals surface area contributed by atoms with Gasteiger partial charge in [0.15, 0.2) is 0 Å². The monoisotopic (exact) mass is 154 g/mol. The van der Waals surface area contributed by atoms with E-state index in [1.165, 1.54) is 0 Å². The summed E-state index contributed by atoms with van der Waals surface area (Å²) in [6.45, 7) is 0. The Hall–Kier alpha value is -1.00. The summed E-state index contributed by atoms with van der Waals surface area (Å²) in [6.07, 6.45) is 3.39. The second-order valence-corrected chi connectivity index (χ2v) is 2.64. The lowest BCUT2D eigenvalue weighted by Gasteiger charge is -1.81. The molecule has 0 aliphatic carbocycles. The summed E-state index contributed by atoms with van der Waals surface area (Å²) < 4.78 is 1.15. The first-order valence-electron chi connectivity index (χ1n) is 2.60. The van der Waals surface area contributed by atoms with E-state index >= 15 is 0 Å². The minimum Gasteiger partial charge on any atom is -0.412 e. The number of hydrogen-bond donors (Lipinski definition) is 0. The fraction of sp³-hybridized carbons (Fsp3) is 0. The van der Waals surface area contributed by atoms with Crippen molar-refractivity contribution in [2.45, 2.75) is 0 Å². The van der Waals surface area contributed by atoms with Crippen molar-refractivity contribution >= 4 is 21.6 Å². The van der Waals surface area contributed by atoms with Crippen LogP contribution in [0.4, 0.5) is 0 Å². The molecule has 0 bridgehead atoms. The van der Waals surface area contributed by atoms with Gasteiger partial charge in [-0.3, -0.25) is 0 Å². The second kappa shape index (κ2) is 2.72. The first-order valence-corrected chi connectivity index (χ1v) is 3.48. The molecule has 2 N–H and O–H groups in total. The van der Waals surface area contributed by atoms with Gasteiger partial charge in [-0.1, -0.05) is 0 Å². The first kappa shape index (κ1) is 7.11. The average Bonchev–Trinajstić information content (AvgIpc) is 2.33. The summed E-state index contributed by atoms with van der Waals surface area (Å²) in [6, 6.07) is 1.99. The van der Waals surface area contributed by atoms with Crippen LogP contribution in [0, 0.1) is 0 Å². The molecule has 0 saturated carbocycles. The topological polar surface area (TPSA) is 57.3 Å². The normalized spacial score (nSPS) is 9.20. The fourth-order valence-electron chi connectivity index (χ4n) is 0.714. The molecule has 0 aromatic carbocycles. The van der Waals surface area contributed by atoms with E-state index in [2.05, 4.69) is 9.97 Å². The van der Waals surface area contributed by atoms with Crippen LogP contribution in [-0.2, 0) is 0 Å². The van der Waals surface area contributed by atoms with E-state index < -0.39 is 0 Å². The molecule has 0 saturated heterocycles. The van der Waals surface area contributed by atoms with Gasteiger partial charge in [-0.25, -0.2) is 9.97 Å². The lowest BCUT2D eigenvalue weighted by Crippen LogP contribution is -1.72. The highest BCUT2D eigenvalue weighted by molar-refractivity contribution is 7.17. The van der Waals surface area contributed by atoms with Crippen molar-refractivity contribution in [3.8, 4) is 0 Å². The number of fused-ring (bicyclic) bond motifs is 1. The quantitative estimate of drug-likeness (QED) is 0.565. The van der Waals surface area contributed by atoms with E-state index in [0.29, 0.717) is 0 Å². The van der Waals surface area contributed by atoms with E-state index in [1.54, 1.807) is 17.7 Å². The summed E-state index contributed by atoms with van der Waals surface area (Å²) >= 11 is 1.66. The molecule has 2 aromatic heterocycles. The predicted molar refractivity (Wildman–Crippen MR) is 41.0 cm³/mol. The zero-order valence-corrected chi connectivity index (χ0v) is 5.93. The van der Waals surface area contributed by atoms with Crippen LogP contribution in [0.15, 0.2) is 24.0 Å². The lowest BCUT2D eigenvalue weighted by molar-refractivity contribution is 0.824. The van der Waals surface area contributed by atoms with Gasteiger partial charge in [0.25, 0.3) is 0 Å². The zero-order chi connectivity index (χ0) is 6.10. The van der Waals surface area contributed by atoms with Crippen LogP contribution in [0.2, 0.25) is 0 Å². The third-order valence-corrected chi connectivity index (χ3v) is 1.97. The number of aromatic nitrogens is 2. The van der Waals surface area contributed by atoms with Crippen LogP contribution >= 0.6 is 11.3 Å². The summed E-state index contributed by atoms with van der Waals surface area (Å²) in [5, 5.41) is 2.01. The molecule has 0 radical (unpaired) electrons. The number of hydrogen-bond acceptors (Lipinski definition) is 3. The highest BCUT2D eigenvalue weighted by Crippen LogP contribution is 2.15. The van der Waals surface area contributed by atoms with E-state index in [-0.39, 0.29) is 5.48 Å². The molecule has 2 aromatic rings. The molecule has 2 heterocycles. The van der Waals surface area contributed by atoms with Gasteiger partial charge in [0.2, 0.25) is 0 Å². The van der Waals surface area contributed by atoms with Gasteiger partial charge < -0.3 is 5.48 Å². The molecule has 4 heteroatoms. The molecule has 0 unspecified atom stereocenters. The second-order valence-electron chi connectivity index (χ2n) is 1.69. The summed E-state index contributed by atoms with van der Waals surface area (Å²) in [4.78, 5) is 7.92. The van der Waals surface area contributed by atoms with Crippen LogP contribution in [0.1, 0.15) is 0 Å². The number of rotatable bonds is 0. The maximum Gasteiger partial charge on any atom is 0.116 e. The van der Waals surface area contributed by atoms with Crippen molar-refractivity contribution < 1.29 is 5.48 Å². The standard InChI is InChI=1S/C6H4N2S.H2O/c1-2-9-6-3-7-4-8-5(1)6;/h1-4H;1H2. The fourth-order valence-corrected chi connectivity index (χ4v) is 1.42. The molecule has 3 nitrogen and oxygen atoms in total. The molecule has 0 fully saturated rings. The number of nitrogens with zero attached hydrogens (tertiary/aromatic N) is 2. The van der Waals surface area contributed by atoms with Crippen molar-refractivity contribution in [2.75, 3.05) is 0 Å². The van der Waals surface area contributed by atoms with Gasteiger partial charge in [-0.2, -0.15) is 0 Å². The molecule has 52 valence electrons. The van der Waals surface area contributed by atoms with E-state index in [0.717, 1.165) is 10.2 Å². The van der Waals surface area contributed by atoms with Crippen LogP contribution in [0.25, 0.3) is 10.2 Å². The molecular weight excluding hydrogens is 148 g/mol. The minimum atomic E-state index is 0. The highest BCUT2D eigenvalue weighted by Gasteiger charge is 1.90.